The minimum Gasteiger partial charge on any atom is -0.399 e. The van der Waals surface area contributed by atoms with Crippen LogP contribution in [-0.4, -0.2) is 42.0 Å². The van der Waals surface area contributed by atoms with Gasteiger partial charge in [0.2, 0.25) is 0 Å². The van der Waals surface area contributed by atoms with Crippen molar-refractivity contribution >= 4 is 21.6 Å². The van der Waals surface area contributed by atoms with E-state index in [2.05, 4.69) is 58.8 Å². The number of anilines is 1. The lowest BCUT2D eigenvalue weighted by Gasteiger charge is -2.42. The maximum Gasteiger partial charge on any atom is 0.0328 e. The van der Waals surface area contributed by atoms with Crippen LogP contribution in [0.1, 0.15) is 19.4 Å². The summed E-state index contributed by atoms with van der Waals surface area (Å²) in [6.07, 6.45) is 0. The molecule has 1 aromatic carbocycles. The molecule has 1 aliphatic heterocycles. The van der Waals surface area contributed by atoms with Crippen LogP contribution in [-0.2, 0) is 6.54 Å². The van der Waals surface area contributed by atoms with Crippen molar-refractivity contribution in [3.63, 3.8) is 0 Å². The van der Waals surface area contributed by atoms with Gasteiger partial charge >= 0.3 is 0 Å². The first-order chi connectivity index (χ1) is 8.45. The van der Waals surface area contributed by atoms with Gasteiger partial charge in [0.25, 0.3) is 0 Å². The van der Waals surface area contributed by atoms with E-state index in [0.717, 1.165) is 29.8 Å². The molecule has 100 valence electrons. The molecule has 0 spiro atoms. The van der Waals surface area contributed by atoms with Crippen LogP contribution < -0.4 is 5.73 Å². The molecule has 0 amide bonds. The molecular formula is C14H22BrN3. The van der Waals surface area contributed by atoms with Crippen molar-refractivity contribution in [2.24, 2.45) is 0 Å². The van der Waals surface area contributed by atoms with Gasteiger partial charge < -0.3 is 5.73 Å². The van der Waals surface area contributed by atoms with Gasteiger partial charge in [-0.25, -0.2) is 0 Å². The number of piperazine rings is 1. The second-order valence-corrected chi connectivity index (χ2v) is 6.37. The van der Waals surface area contributed by atoms with Crippen LogP contribution in [0.3, 0.4) is 0 Å². The SMILES string of the molecule is CC1CN(Cc2cc(N)cc(Br)c2)CC(C)N1C. The molecular weight excluding hydrogens is 290 g/mol. The number of likely N-dealkylation sites (N-methyl/N-ethyl adjacent to an activating group) is 1. The summed E-state index contributed by atoms with van der Waals surface area (Å²) in [4.78, 5) is 4.96. The Morgan fingerprint density at radius 2 is 1.83 bits per heavy atom. The average Bonchev–Trinajstić information content (AvgIpc) is 2.24. The molecule has 4 heteroatoms. The van der Waals surface area contributed by atoms with Gasteiger partial charge in [0.15, 0.2) is 0 Å². The topological polar surface area (TPSA) is 32.5 Å². The predicted molar refractivity (Wildman–Crippen MR) is 80.5 cm³/mol. The van der Waals surface area contributed by atoms with E-state index >= 15 is 0 Å². The number of nitrogens with two attached hydrogens (primary N) is 1. The molecule has 0 bridgehead atoms. The van der Waals surface area contributed by atoms with Crippen molar-refractivity contribution < 1.29 is 0 Å². The van der Waals surface area contributed by atoms with E-state index in [9.17, 15) is 0 Å². The summed E-state index contributed by atoms with van der Waals surface area (Å²) in [6.45, 7) is 7.79. The zero-order chi connectivity index (χ0) is 13.3. The van der Waals surface area contributed by atoms with Crippen LogP contribution >= 0.6 is 15.9 Å². The standard InChI is InChI=1S/C14H22BrN3/c1-10-7-18(8-11(2)17(10)3)9-12-4-13(15)6-14(16)5-12/h4-6,10-11H,7-9,16H2,1-3H3. The normalized spacial score (nSPS) is 26.4. The third-order valence-corrected chi connectivity index (χ3v) is 4.28. The van der Waals surface area contributed by atoms with Gasteiger partial charge in [-0.1, -0.05) is 15.9 Å². The highest BCUT2D eigenvalue weighted by molar-refractivity contribution is 9.10. The summed E-state index contributed by atoms with van der Waals surface area (Å²) in [5.74, 6) is 0. The fraction of sp³-hybridized carbons (Fsp3) is 0.571. The van der Waals surface area contributed by atoms with Crippen LogP contribution in [0.4, 0.5) is 5.69 Å². The zero-order valence-corrected chi connectivity index (χ0v) is 12.9. The molecule has 3 nitrogen and oxygen atoms in total. The lowest BCUT2D eigenvalue weighted by atomic mass is 10.1. The summed E-state index contributed by atoms with van der Waals surface area (Å²) in [5, 5.41) is 0. The van der Waals surface area contributed by atoms with Gasteiger partial charge in [0.1, 0.15) is 0 Å². The number of nitrogens with zero attached hydrogens (tertiary/aromatic N) is 2. The van der Waals surface area contributed by atoms with Gasteiger partial charge in [-0.05, 0) is 44.7 Å². The molecule has 2 atom stereocenters. The monoisotopic (exact) mass is 311 g/mol. The molecule has 1 saturated heterocycles. The van der Waals surface area contributed by atoms with Gasteiger partial charge in [-0.3, -0.25) is 9.80 Å². The summed E-state index contributed by atoms with van der Waals surface area (Å²) >= 11 is 3.50. The maximum absolute atomic E-state index is 5.88. The number of rotatable bonds is 2. The highest BCUT2D eigenvalue weighted by Crippen LogP contribution is 2.21. The van der Waals surface area contributed by atoms with Crippen LogP contribution in [0.15, 0.2) is 22.7 Å². The minimum absolute atomic E-state index is 0.609. The molecule has 2 unspecified atom stereocenters. The molecule has 18 heavy (non-hydrogen) atoms. The largest absolute Gasteiger partial charge is 0.399 e. The maximum atomic E-state index is 5.88. The Hall–Kier alpha value is -0.580. The predicted octanol–water partition coefficient (Wildman–Crippen LogP) is 2.56. The van der Waals surface area contributed by atoms with Crippen molar-refractivity contribution in [2.45, 2.75) is 32.5 Å². The first-order valence-electron chi connectivity index (χ1n) is 6.45. The first kappa shape index (κ1) is 13.8. The summed E-state index contributed by atoms with van der Waals surface area (Å²) in [6, 6.07) is 7.39. The van der Waals surface area contributed by atoms with E-state index in [1.165, 1.54) is 5.56 Å². The van der Waals surface area contributed by atoms with Crippen LogP contribution in [0.2, 0.25) is 0 Å². The Balaban J connectivity index is 2.05. The van der Waals surface area contributed by atoms with Gasteiger partial charge in [0, 0.05) is 41.9 Å². The van der Waals surface area contributed by atoms with Crippen molar-refractivity contribution in [3.05, 3.63) is 28.2 Å². The number of hydrogen-bond acceptors (Lipinski definition) is 3. The molecule has 0 radical (unpaired) electrons. The summed E-state index contributed by atoms with van der Waals surface area (Å²) < 4.78 is 1.06. The van der Waals surface area contributed by atoms with E-state index in [4.69, 9.17) is 5.73 Å². The number of halogens is 1. The smallest absolute Gasteiger partial charge is 0.0328 e. The lowest BCUT2D eigenvalue weighted by Crippen LogP contribution is -2.54. The molecule has 1 aromatic rings. The summed E-state index contributed by atoms with van der Waals surface area (Å²) in [7, 11) is 2.21. The highest BCUT2D eigenvalue weighted by Gasteiger charge is 2.26. The Morgan fingerprint density at radius 1 is 1.22 bits per heavy atom. The third kappa shape index (κ3) is 3.25. The van der Waals surface area contributed by atoms with Crippen LogP contribution in [0, 0.1) is 0 Å². The van der Waals surface area contributed by atoms with Crippen molar-refractivity contribution in [1.82, 2.24) is 9.80 Å². The van der Waals surface area contributed by atoms with E-state index in [1.54, 1.807) is 0 Å². The second kappa shape index (κ2) is 5.59. The van der Waals surface area contributed by atoms with Gasteiger partial charge in [-0.2, -0.15) is 0 Å². The molecule has 0 aromatic heterocycles. The Labute approximate surface area is 118 Å². The Morgan fingerprint density at radius 3 is 2.39 bits per heavy atom. The molecule has 2 rings (SSSR count). The molecule has 0 aliphatic carbocycles. The molecule has 1 fully saturated rings. The third-order valence-electron chi connectivity index (χ3n) is 3.82. The van der Waals surface area contributed by atoms with Crippen molar-refractivity contribution in [2.75, 3.05) is 25.9 Å². The fourth-order valence-corrected chi connectivity index (χ4v) is 3.23. The zero-order valence-electron chi connectivity index (χ0n) is 11.4. The minimum atomic E-state index is 0.609. The molecule has 1 aliphatic rings. The number of hydrogen-bond donors (Lipinski definition) is 1. The van der Waals surface area contributed by atoms with Gasteiger partial charge in [-0.15, -0.1) is 0 Å². The van der Waals surface area contributed by atoms with E-state index in [1.807, 2.05) is 6.07 Å². The fourth-order valence-electron chi connectivity index (χ4n) is 2.67. The molecule has 2 N–H and O–H groups in total. The van der Waals surface area contributed by atoms with E-state index in [-0.39, 0.29) is 0 Å². The molecule has 0 saturated carbocycles. The van der Waals surface area contributed by atoms with E-state index < -0.39 is 0 Å². The quantitative estimate of drug-likeness (QED) is 0.852. The average molecular weight is 312 g/mol. The lowest BCUT2D eigenvalue weighted by molar-refractivity contribution is 0.0556. The Bertz CT molecular complexity index is 389. The van der Waals surface area contributed by atoms with Crippen molar-refractivity contribution in [3.8, 4) is 0 Å². The van der Waals surface area contributed by atoms with Crippen LogP contribution in [0.25, 0.3) is 0 Å². The van der Waals surface area contributed by atoms with Crippen LogP contribution in [0.5, 0.6) is 0 Å². The Kier molecular flexibility index (Phi) is 4.30. The highest BCUT2D eigenvalue weighted by atomic mass is 79.9. The van der Waals surface area contributed by atoms with Crippen molar-refractivity contribution in [1.29, 1.82) is 0 Å². The number of nitrogen functional groups attached to an aromatic ring is 1. The number of benzene rings is 1. The second-order valence-electron chi connectivity index (χ2n) is 5.45. The first-order valence-corrected chi connectivity index (χ1v) is 7.24. The molecule has 1 heterocycles. The van der Waals surface area contributed by atoms with E-state index in [0.29, 0.717) is 12.1 Å². The summed E-state index contributed by atoms with van der Waals surface area (Å²) in [5.41, 5.74) is 8.00. The van der Waals surface area contributed by atoms with Gasteiger partial charge in [0.05, 0.1) is 0 Å².